The highest BCUT2D eigenvalue weighted by Crippen LogP contribution is 2.13. The summed E-state index contributed by atoms with van der Waals surface area (Å²) in [7, 11) is 0. The zero-order valence-electron chi connectivity index (χ0n) is 10.5. The van der Waals surface area contributed by atoms with Gasteiger partial charge in [-0.05, 0) is 37.1 Å². The Kier molecular flexibility index (Phi) is 5.27. The van der Waals surface area contributed by atoms with Gasteiger partial charge in [0.05, 0.1) is 0 Å². The molecular weight excluding hydrogens is 214 g/mol. The predicted molar refractivity (Wildman–Crippen MR) is 69.4 cm³/mol. The summed E-state index contributed by atoms with van der Waals surface area (Å²) in [5.41, 5.74) is 1.57. The molecule has 0 saturated carbocycles. The Morgan fingerprint density at radius 1 is 1.47 bits per heavy atom. The molecule has 1 aromatic rings. The van der Waals surface area contributed by atoms with E-state index in [1.165, 1.54) is 0 Å². The third-order valence-corrected chi connectivity index (χ3v) is 2.12. The molecule has 0 spiro atoms. The van der Waals surface area contributed by atoms with Crippen LogP contribution in [0.2, 0.25) is 0 Å². The van der Waals surface area contributed by atoms with Gasteiger partial charge in [0.15, 0.2) is 0 Å². The first kappa shape index (κ1) is 13.3. The average molecular weight is 233 g/mol. The molecular formula is C14H19NO2. The Bertz CT molecular complexity index is 399. The normalized spacial score (nSPS) is 9.76. The molecule has 0 aliphatic carbocycles. The molecule has 17 heavy (non-hydrogen) atoms. The van der Waals surface area contributed by atoms with Gasteiger partial charge in [0.25, 0.3) is 5.91 Å². The summed E-state index contributed by atoms with van der Waals surface area (Å²) in [5, 5.41) is 2.83. The summed E-state index contributed by atoms with van der Waals surface area (Å²) in [4.78, 5) is 11.7. The first-order valence-electron chi connectivity index (χ1n) is 5.79. The molecule has 3 heteroatoms. The van der Waals surface area contributed by atoms with E-state index < -0.39 is 0 Å². The van der Waals surface area contributed by atoms with E-state index in [9.17, 15) is 4.79 Å². The number of hydrogen-bond acceptors (Lipinski definition) is 2. The second-order valence-corrected chi connectivity index (χ2v) is 4.03. The van der Waals surface area contributed by atoms with Gasteiger partial charge in [-0.15, -0.1) is 0 Å². The number of amides is 1. The van der Waals surface area contributed by atoms with Crippen LogP contribution in [-0.2, 0) is 0 Å². The molecule has 0 aromatic heterocycles. The highest BCUT2D eigenvalue weighted by molar-refractivity contribution is 5.94. The minimum Gasteiger partial charge on any atom is -0.489 e. The first-order chi connectivity index (χ1) is 8.13. The molecule has 92 valence electrons. The van der Waals surface area contributed by atoms with Crippen molar-refractivity contribution in [3.8, 4) is 5.75 Å². The van der Waals surface area contributed by atoms with Crippen LogP contribution >= 0.6 is 0 Å². The van der Waals surface area contributed by atoms with Gasteiger partial charge in [0, 0.05) is 12.1 Å². The molecule has 3 nitrogen and oxygen atoms in total. The van der Waals surface area contributed by atoms with Gasteiger partial charge in [-0.2, -0.15) is 0 Å². The summed E-state index contributed by atoms with van der Waals surface area (Å²) in [6.45, 7) is 8.85. The monoisotopic (exact) mass is 233 g/mol. The molecule has 1 N–H and O–H groups in total. The third-order valence-electron chi connectivity index (χ3n) is 2.12. The Morgan fingerprint density at radius 3 is 2.88 bits per heavy atom. The smallest absolute Gasteiger partial charge is 0.251 e. The first-order valence-corrected chi connectivity index (χ1v) is 5.79. The number of carbonyl (C=O) groups excluding carboxylic acids is 1. The van der Waals surface area contributed by atoms with E-state index >= 15 is 0 Å². The molecule has 0 heterocycles. The Balaban J connectivity index is 2.64. The maximum atomic E-state index is 11.7. The molecule has 0 aliphatic rings. The van der Waals surface area contributed by atoms with Crippen molar-refractivity contribution in [3.63, 3.8) is 0 Å². The predicted octanol–water partition coefficient (Wildman–Crippen LogP) is 2.78. The van der Waals surface area contributed by atoms with Gasteiger partial charge in [0.2, 0.25) is 0 Å². The van der Waals surface area contributed by atoms with Crippen LogP contribution in [0.5, 0.6) is 5.75 Å². The Morgan fingerprint density at radius 2 is 2.24 bits per heavy atom. The van der Waals surface area contributed by atoms with Crippen molar-refractivity contribution < 1.29 is 9.53 Å². The van der Waals surface area contributed by atoms with E-state index in [0.717, 1.165) is 12.0 Å². The molecule has 0 bridgehead atoms. The van der Waals surface area contributed by atoms with Crippen molar-refractivity contribution in [3.05, 3.63) is 42.0 Å². The fraction of sp³-hybridized carbons (Fsp3) is 0.357. The summed E-state index contributed by atoms with van der Waals surface area (Å²) in [5.74, 6) is 0.629. The quantitative estimate of drug-likeness (QED) is 0.767. The van der Waals surface area contributed by atoms with Crippen LogP contribution in [0.4, 0.5) is 0 Å². The number of nitrogens with one attached hydrogen (secondary N) is 1. The fourth-order valence-corrected chi connectivity index (χ4v) is 1.27. The molecule has 0 aliphatic heterocycles. The second-order valence-electron chi connectivity index (χ2n) is 4.03. The topological polar surface area (TPSA) is 38.3 Å². The van der Waals surface area contributed by atoms with Gasteiger partial charge in [-0.25, -0.2) is 0 Å². The molecule has 0 atom stereocenters. The molecule has 1 aromatic carbocycles. The van der Waals surface area contributed by atoms with Gasteiger partial charge < -0.3 is 10.1 Å². The van der Waals surface area contributed by atoms with E-state index in [-0.39, 0.29) is 5.91 Å². The third kappa shape index (κ3) is 4.72. The van der Waals surface area contributed by atoms with Crippen LogP contribution in [0.25, 0.3) is 0 Å². The van der Waals surface area contributed by atoms with Gasteiger partial charge in [-0.3, -0.25) is 4.79 Å². The Labute approximate surface area is 102 Å². The number of rotatable bonds is 6. The minimum atomic E-state index is -0.0624. The van der Waals surface area contributed by atoms with Crippen LogP contribution in [0.3, 0.4) is 0 Å². The number of benzene rings is 1. The van der Waals surface area contributed by atoms with Crippen molar-refractivity contribution in [2.24, 2.45) is 0 Å². The highest BCUT2D eigenvalue weighted by Gasteiger charge is 2.05. The summed E-state index contributed by atoms with van der Waals surface area (Å²) < 4.78 is 5.48. The van der Waals surface area contributed by atoms with Crippen molar-refractivity contribution in [1.29, 1.82) is 0 Å². The zero-order valence-corrected chi connectivity index (χ0v) is 10.5. The lowest BCUT2D eigenvalue weighted by Crippen LogP contribution is -2.23. The average Bonchev–Trinajstić information content (AvgIpc) is 2.33. The van der Waals surface area contributed by atoms with Crippen LogP contribution in [0.15, 0.2) is 36.4 Å². The van der Waals surface area contributed by atoms with Crippen LogP contribution in [0.1, 0.15) is 30.6 Å². The standard InChI is InChI=1S/C14H19NO2/c1-4-8-15-14(16)12-6-5-7-13(9-12)17-10-11(2)3/h5-7,9H,2,4,8,10H2,1,3H3,(H,15,16). The van der Waals surface area contributed by atoms with E-state index in [1.807, 2.05) is 26.0 Å². The molecule has 0 unspecified atom stereocenters. The van der Waals surface area contributed by atoms with E-state index in [4.69, 9.17) is 4.74 Å². The van der Waals surface area contributed by atoms with Crippen molar-refractivity contribution in [2.75, 3.05) is 13.2 Å². The number of hydrogen-bond donors (Lipinski definition) is 1. The van der Waals surface area contributed by atoms with Gasteiger partial charge in [0.1, 0.15) is 12.4 Å². The van der Waals surface area contributed by atoms with Crippen LogP contribution < -0.4 is 10.1 Å². The van der Waals surface area contributed by atoms with Crippen LogP contribution in [-0.4, -0.2) is 19.1 Å². The lowest BCUT2D eigenvalue weighted by molar-refractivity contribution is 0.0953. The van der Waals surface area contributed by atoms with Gasteiger partial charge in [-0.1, -0.05) is 19.6 Å². The van der Waals surface area contributed by atoms with Crippen molar-refractivity contribution in [1.82, 2.24) is 5.32 Å². The molecule has 1 rings (SSSR count). The largest absolute Gasteiger partial charge is 0.489 e. The SMILES string of the molecule is C=C(C)COc1cccc(C(=O)NCCC)c1. The number of ether oxygens (including phenoxy) is 1. The highest BCUT2D eigenvalue weighted by atomic mass is 16.5. The maximum Gasteiger partial charge on any atom is 0.251 e. The lowest BCUT2D eigenvalue weighted by atomic mass is 10.2. The van der Waals surface area contributed by atoms with Crippen molar-refractivity contribution in [2.45, 2.75) is 20.3 Å². The van der Waals surface area contributed by atoms with Crippen LogP contribution in [0, 0.1) is 0 Å². The minimum absolute atomic E-state index is 0.0624. The molecule has 1 amide bonds. The zero-order chi connectivity index (χ0) is 12.7. The van der Waals surface area contributed by atoms with Gasteiger partial charge >= 0.3 is 0 Å². The van der Waals surface area contributed by atoms with Crippen molar-refractivity contribution >= 4 is 5.91 Å². The Hall–Kier alpha value is -1.77. The van der Waals surface area contributed by atoms with E-state index in [2.05, 4.69) is 11.9 Å². The maximum absolute atomic E-state index is 11.7. The molecule has 0 saturated heterocycles. The summed E-state index contributed by atoms with van der Waals surface area (Å²) >= 11 is 0. The summed E-state index contributed by atoms with van der Waals surface area (Å²) in [6, 6.07) is 7.17. The van der Waals surface area contributed by atoms with E-state index in [1.54, 1.807) is 12.1 Å². The number of carbonyl (C=O) groups is 1. The molecule has 0 radical (unpaired) electrons. The molecule has 0 fully saturated rings. The summed E-state index contributed by atoms with van der Waals surface area (Å²) in [6.07, 6.45) is 0.928. The second kappa shape index (κ2) is 6.74. The van der Waals surface area contributed by atoms with E-state index in [0.29, 0.717) is 24.5 Å². The fourth-order valence-electron chi connectivity index (χ4n) is 1.27. The lowest BCUT2D eigenvalue weighted by Gasteiger charge is -2.08.